The average molecular weight is 413 g/mol. The molecule has 2 unspecified atom stereocenters. The van der Waals surface area contributed by atoms with E-state index in [4.69, 9.17) is 5.11 Å². The van der Waals surface area contributed by atoms with Gasteiger partial charge in [-0.25, -0.2) is 0 Å². The quantitative estimate of drug-likeness (QED) is 0.585. The molecule has 4 atom stereocenters. The van der Waals surface area contributed by atoms with Crippen LogP contribution in [0.15, 0.2) is 18.2 Å². The number of carbonyl (C=O) groups excluding carboxylic acids is 3. The second kappa shape index (κ2) is 7.50. The second-order valence-corrected chi connectivity index (χ2v) is 8.32. The van der Waals surface area contributed by atoms with Crippen molar-refractivity contribution in [3.63, 3.8) is 0 Å². The lowest BCUT2D eigenvalue weighted by Crippen LogP contribution is -2.53. The summed E-state index contributed by atoms with van der Waals surface area (Å²) in [4.78, 5) is 52.5. The Hall–Kier alpha value is -2.74. The van der Waals surface area contributed by atoms with Crippen molar-refractivity contribution in [3.05, 3.63) is 29.3 Å². The van der Waals surface area contributed by atoms with Crippen LogP contribution in [0.3, 0.4) is 0 Å². The Bertz CT molecular complexity index is 929. The highest BCUT2D eigenvalue weighted by atomic mass is 16.4. The summed E-state index contributed by atoms with van der Waals surface area (Å²) >= 11 is 0. The van der Waals surface area contributed by atoms with Crippen molar-refractivity contribution in [1.29, 1.82) is 0 Å². The molecule has 0 bridgehead atoms. The predicted octanol–water partition coefficient (Wildman–Crippen LogP) is 1.63. The van der Waals surface area contributed by atoms with Gasteiger partial charge in [-0.05, 0) is 24.8 Å². The van der Waals surface area contributed by atoms with E-state index in [1.54, 1.807) is 0 Å². The molecule has 3 N–H and O–H groups in total. The minimum absolute atomic E-state index is 0.142. The maximum absolute atomic E-state index is 13.4. The van der Waals surface area contributed by atoms with E-state index in [-0.39, 0.29) is 30.6 Å². The van der Waals surface area contributed by atoms with Crippen LogP contribution in [0.25, 0.3) is 0 Å². The zero-order valence-electron chi connectivity index (χ0n) is 17.2. The molecule has 3 aliphatic heterocycles. The number of imide groups is 1. The van der Waals surface area contributed by atoms with E-state index in [0.29, 0.717) is 30.6 Å². The van der Waals surface area contributed by atoms with Crippen molar-refractivity contribution >= 4 is 29.4 Å². The highest BCUT2D eigenvalue weighted by Gasteiger charge is 2.70. The van der Waals surface area contributed by atoms with Gasteiger partial charge in [0.1, 0.15) is 5.54 Å². The van der Waals surface area contributed by atoms with Gasteiger partial charge in [0.2, 0.25) is 17.7 Å². The monoisotopic (exact) mass is 413 g/mol. The van der Waals surface area contributed by atoms with E-state index in [0.717, 1.165) is 12.0 Å². The number of fused-ring (bicyclic) bond motifs is 4. The Morgan fingerprint density at radius 2 is 1.97 bits per heavy atom. The molecule has 30 heavy (non-hydrogen) atoms. The van der Waals surface area contributed by atoms with Crippen molar-refractivity contribution in [2.75, 3.05) is 11.9 Å². The lowest BCUT2D eigenvalue weighted by Gasteiger charge is -2.29. The Morgan fingerprint density at radius 1 is 1.20 bits per heavy atom. The third kappa shape index (κ3) is 2.77. The fraction of sp³-hybridized carbons (Fsp3) is 0.545. The zero-order chi connectivity index (χ0) is 21.6. The van der Waals surface area contributed by atoms with Crippen LogP contribution in [0.5, 0.6) is 0 Å². The number of carboxylic acid groups (broad SMARTS) is 1. The number of carboxylic acids is 1. The Kier molecular flexibility index (Phi) is 5.13. The normalized spacial score (nSPS) is 29.5. The van der Waals surface area contributed by atoms with Gasteiger partial charge in [0, 0.05) is 30.3 Å². The Balaban J connectivity index is 1.82. The molecule has 2 saturated heterocycles. The van der Waals surface area contributed by atoms with E-state index in [1.165, 1.54) is 4.90 Å². The number of amides is 3. The van der Waals surface area contributed by atoms with Crippen molar-refractivity contribution in [2.45, 2.75) is 57.5 Å². The number of aliphatic carboxylic acids is 1. The maximum atomic E-state index is 13.4. The number of nitrogens with zero attached hydrogens (tertiary/aromatic N) is 1. The van der Waals surface area contributed by atoms with Gasteiger partial charge in [0.05, 0.1) is 11.8 Å². The Morgan fingerprint density at radius 3 is 2.63 bits per heavy atom. The van der Waals surface area contributed by atoms with Gasteiger partial charge in [-0.1, -0.05) is 38.5 Å². The molecule has 2 fully saturated rings. The number of anilines is 1. The number of hydrogen-bond acceptors (Lipinski definition) is 5. The zero-order valence-corrected chi connectivity index (χ0v) is 17.2. The Labute approximate surface area is 175 Å². The lowest BCUT2D eigenvalue weighted by molar-refractivity contribution is -0.143. The van der Waals surface area contributed by atoms with Crippen LogP contribution in [0.1, 0.15) is 50.7 Å². The molecule has 160 valence electrons. The van der Waals surface area contributed by atoms with Gasteiger partial charge in [0.25, 0.3) is 0 Å². The first-order chi connectivity index (χ1) is 14.4. The summed E-state index contributed by atoms with van der Waals surface area (Å²) in [5, 5.41) is 15.4. The van der Waals surface area contributed by atoms with Gasteiger partial charge in [-0.15, -0.1) is 0 Å². The summed E-state index contributed by atoms with van der Waals surface area (Å²) < 4.78 is 0. The number of hydrogen-bond donors (Lipinski definition) is 3. The first-order valence-corrected chi connectivity index (χ1v) is 10.6. The summed E-state index contributed by atoms with van der Waals surface area (Å²) in [5.74, 6) is -3.56. The third-order valence-electron chi connectivity index (χ3n) is 6.71. The maximum Gasteiger partial charge on any atom is 0.303 e. The molecular formula is C22H27N3O5. The van der Waals surface area contributed by atoms with Gasteiger partial charge in [0.15, 0.2) is 0 Å². The van der Waals surface area contributed by atoms with Crippen molar-refractivity contribution < 1.29 is 24.3 Å². The molecule has 0 aromatic heterocycles. The number of benzene rings is 1. The number of para-hydroxylation sites is 1. The molecule has 0 saturated carbocycles. The van der Waals surface area contributed by atoms with Crippen molar-refractivity contribution in [1.82, 2.24) is 10.2 Å². The molecule has 3 aliphatic rings. The number of unbranched alkanes of at least 4 members (excludes halogenated alkanes) is 1. The molecule has 3 heterocycles. The molecule has 4 rings (SSSR count). The van der Waals surface area contributed by atoms with Crippen LogP contribution in [0.2, 0.25) is 0 Å². The summed E-state index contributed by atoms with van der Waals surface area (Å²) in [6.07, 6.45) is 2.28. The first kappa shape index (κ1) is 20.5. The number of rotatable bonds is 7. The van der Waals surface area contributed by atoms with E-state index in [1.807, 2.05) is 32.0 Å². The topological polar surface area (TPSA) is 116 Å². The van der Waals surface area contributed by atoms with E-state index < -0.39 is 29.4 Å². The standard InChI is InChI=1S/C22H27N3O5/c1-3-5-11-25-19(28)16-14(9-10-15(26)27)24-22(17(16)20(25)29)13-8-6-7-12(4-2)18(13)23-21(22)30/h6-8,14,16-17,24H,3-5,9-11H2,1-2H3,(H,23,30)(H,26,27)/t14?,16-,17+,22?/m1/s1. The summed E-state index contributed by atoms with van der Waals surface area (Å²) in [6, 6.07) is 5.05. The molecule has 8 heteroatoms. The lowest BCUT2D eigenvalue weighted by atomic mass is 9.76. The van der Waals surface area contributed by atoms with Crippen molar-refractivity contribution in [3.8, 4) is 0 Å². The molecule has 8 nitrogen and oxygen atoms in total. The van der Waals surface area contributed by atoms with Gasteiger partial charge >= 0.3 is 5.97 Å². The smallest absolute Gasteiger partial charge is 0.303 e. The third-order valence-corrected chi connectivity index (χ3v) is 6.71. The van der Waals surface area contributed by atoms with Crippen LogP contribution >= 0.6 is 0 Å². The summed E-state index contributed by atoms with van der Waals surface area (Å²) in [5.41, 5.74) is 0.993. The molecular weight excluding hydrogens is 386 g/mol. The largest absolute Gasteiger partial charge is 0.481 e. The van der Waals surface area contributed by atoms with Gasteiger partial charge in [-0.2, -0.15) is 0 Å². The van der Waals surface area contributed by atoms with Gasteiger partial charge in [-0.3, -0.25) is 29.4 Å². The van der Waals surface area contributed by atoms with Crippen LogP contribution in [0.4, 0.5) is 5.69 Å². The number of aryl methyl sites for hydroxylation is 1. The molecule has 0 aliphatic carbocycles. The molecule has 3 amide bonds. The average Bonchev–Trinajstić information content (AvgIpc) is 3.30. The second-order valence-electron chi connectivity index (χ2n) is 8.32. The molecule has 0 radical (unpaired) electrons. The summed E-state index contributed by atoms with van der Waals surface area (Å²) in [6.45, 7) is 4.30. The van der Waals surface area contributed by atoms with Crippen LogP contribution in [0, 0.1) is 11.8 Å². The van der Waals surface area contributed by atoms with Crippen LogP contribution in [-0.2, 0) is 31.1 Å². The number of likely N-dealkylation sites (tertiary alicyclic amines) is 1. The van der Waals surface area contributed by atoms with Crippen LogP contribution in [-0.4, -0.2) is 46.3 Å². The van der Waals surface area contributed by atoms with Crippen LogP contribution < -0.4 is 10.6 Å². The number of nitrogens with one attached hydrogen (secondary N) is 2. The van der Waals surface area contributed by atoms with E-state index in [9.17, 15) is 19.2 Å². The minimum Gasteiger partial charge on any atom is -0.481 e. The SMILES string of the molecule is CCCCN1C(=O)[C@@H]2C(CCC(=O)O)NC3(C(=O)Nc4c(CC)cccc43)[C@@H]2C1=O. The molecule has 1 aromatic carbocycles. The molecule has 1 aromatic rings. The molecule has 1 spiro atoms. The minimum atomic E-state index is -1.35. The van der Waals surface area contributed by atoms with Crippen molar-refractivity contribution in [2.24, 2.45) is 11.8 Å². The fourth-order valence-corrected chi connectivity index (χ4v) is 5.31. The summed E-state index contributed by atoms with van der Waals surface area (Å²) in [7, 11) is 0. The predicted molar refractivity (Wildman–Crippen MR) is 109 cm³/mol. The highest BCUT2D eigenvalue weighted by Crippen LogP contribution is 2.54. The first-order valence-electron chi connectivity index (χ1n) is 10.6. The van der Waals surface area contributed by atoms with E-state index >= 15 is 0 Å². The van der Waals surface area contributed by atoms with E-state index in [2.05, 4.69) is 10.6 Å². The fourth-order valence-electron chi connectivity index (χ4n) is 5.31. The number of carbonyl (C=O) groups is 4. The highest BCUT2D eigenvalue weighted by molar-refractivity contribution is 6.15. The van der Waals surface area contributed by atoms with Gasteiger partial charge < -0.3 is 10.4 Å².